The van der Waals surface area contributed by atoms with E-state index >= 15 is 0 Å². The fraction of sp³-hybridized carbons (Fsp3) is 0.154. The van der Waals surface area contributed by atoms with E-state index in [0.717, 1.165) is 8.04 Å². The highest BCUT2D eigenvalue weighted by Gasteiger charge is 2.20. The van der Waals surface area contributed by atoms with Crippen LogP contribution in [0.4, 0.5) is 0 Å². The van der Waals surface area contributed by atoms with Gasteiger partial charge in [0.05, 0.1) is 7.11 Å². The maximum absolute atomic E-state index is 11.3. The van der Waals surface area contributed by atoms with Gasteiger partial charge in [-0.3, -0.25) is 0 Å². The van der Waals surface area contributed by atoms with E-state index in [1.54, 1.807) is 6.07 Å². The first kappa shape index (κ1) is 14.5. The van der Waals surface area contributed by atoms with Gasteiger partial charge in [0, 0.05) is 13.6 Å². The Labute approximate surface area is 132 Å². The molecule has 1 heterocycles. The molecule has 0 bridgehead atoms. The summed E-state index contributed by atoms with van der Waals surface area (Å²) >= 11 is 5.54. The van der Waals surface area contributed by atoms with Gasteiger partial charge in [-0.05, 0) is 52.9 Å². The largest absolute Gasteiger partial charge is 0.463 e. The van der Waals surface area contributed by atoms with E-state index in [2.05, 4.69) is 43.3 Å². The van der Waals surface area contributed by atoms with Crippen LogP contribution in [0.15, 0.2) is 39.2 Å². The second-order valence-electron chi connectivity index (χ2n) is 3.76. The number of furan rings is 1. The molecule has 0 amide bonds. The first-order chi connectivity index (χ1) is 9.02. The molecule has 1 unspecified atom stereocenters. The first-order valence-corrected chi connectivity index (χ1v) is 7.21. The van der Waals surface area contributed by atoms with Crippen LogP contribution >= 0.6 is 38.5 Å². The van der Waals surface area contributed by atoms with E-state index in [4.69, 9.17) is 4.42 Å². The molecule has 0 radical (unpaired) electrons. The molecule has 0 aliphatic heterocycles. The van der Waals surface area contributed by atoms with Crippen molar-refractivity contribution in [3.8, 4) is 0 Å². The van der Waals surface area contributed by atoms with Crippen molar-refractivity contribution in [2.45, 2.75) is 6.10 Å². The standard InChI is InChI=1S/C13H10BrIO4/c1-18-13(17)11-5-4-10(19-11)12(16)8-6-7(15)2-3-9(8)14/h2-6,12,16H,1H3. The molecular weight excluding hydrogens is 427 g/mol. The van der Waals surface area contributed by atoms with E-state index < -0.39 is 12.1 Å². The summed E-state index contributed by atoms with van der Waals surface area (Å²) in [5.74, 6) is -0.207. The summed E-state index contributed by atoms with van der Waals surface area (Å²) in [6.07, 6.45) is -0.942. The topological polar surface area (TPSA) is 59.7 Å². The van der Waals surface area contributed by atoms with Gasteiger partial charge in [0.2, 0.25) is 5.76 Å². The number of esters is 1. The molecule has 2 aromatic rings. The van der Waals surface area contributed by atoms with Crippen molar-refractivity contribution in [3.05, 3.63) is 55.5 Å². The Bertz CT molecular complexity index is 608. The summed E-state index contributed by atoms with van der Waals surface area (Å²) in [7, 11) is 1.27. The smallest absolute Gasteiger partial charge is 0.373 e. The fourth-order valence-electron chi connectivity index (χ4n) is 1.59. The molecular formula is C13H10BrIO4. The minimum Gasteiger partial charge on any atom is -0.463 e. The van der Waals surface area contributed by atoms with Crippen LogP contribution in [-0.2, 0) is 4.74 Å². The number of hydrogen-bond acceptors (Lipinski definition) is 4. The zero-order chi connectivity index (χ0) is 14.0. The van der Waals surface area contributed by atoms with Gasteiger partial charge >= 0.3 is 5.97 Å². The van der Waals surface area contributed by atoms with Crippen LogP contribution in [0.1, 0.15) is 28.0 Å². The number of methoxy groups -OCH3 is 1. The molecule has 6 heteroatoms. The first-order valence-electron chi connectivity index (χ1n) is 5.34. The van der Waals surface area contributed by atoms with Crippen molar-refractivity contribution in [2.75, 3.05) is 7.11 Å². The zero-order valence-electron chi connectivity index (χ0n) is 9.89. The van der Waals surface area contributed by atoms with Gasteiger partial charge in [-0.25, -0.2) is 4.79 Å². The number of benzene rings is 1. The average Bonchev–Trinajstić information content (AvgIpc) is 2.89. The maximum Gasteiger partial charge on any atom is 0.373 e. The molecule has 19 heavy (non-hydrogen) atoms. The molecule has 4 nitrogen and oxygen atoms in total. The highest BCUT2D eigenvalue weighted by molar-refractivity contribution is 14.1. The molecule has 0 fully saturated rings. The Hall–Kier alpha value is -0.860. The Kier molecular flexibility index (Phi) is 4.64. The second-order valence-corrected chi connectivity index (χ2v) is 5.86. The number of halogens is 2. The predicted octanol–water partition coefficient (Wildman–Crippen LogP) is 3.52. The molecule has 0 aliphatic carbocycles. The number of aliphatic hydroxyl groups is 1. The molecule has 1 aromatic heterocycles. The Morgan fingerprint density at radius 3 is 2.84 bits per heavy atom. The predicted molar refractivity (Wildman–Crippen MR) is 81.0 cm³/mol. The molecule has 1 N–H and O–H groups in total. The number of carbonyl (C=O) groups excluding carboxylic acids is 1. The van der Waals surface area contributed by atoms with Gasteiger partial charge in [-0.1, -0.05) is 15.9 Å². The molecule has 0 spiro atoms. The minimum atomic E-state index is -0.942. The van der Waals surface area contributed by atoms with Crippen LogP contribution < -0.4 is 0 Å². The van der Waals surface area contributed by atoms with Crippen LogP contribution in [0.25, 0.3) is 0 Å². The van der Waals surface area contributed by atoms with Crippen molar-refractivity contribution in [1.82, 2.24) is 0 Å². The van der Waals surface area contributed by atoms with Crippen molar-refractivity contribution >= 4 is 44.5 Å². The lowest BCUT2D eigenvalue weighted by atomic mass is 10.1. The average molecular weight is 437 g/mol. The molecule has 2 rings (SSSR count). The summed E-state index contributed by atoms with van der Waals surface area (Å²) < 4.78 is 11.6. The van der Waals surface area contributed by atoms with Gasteiger partial charge in [0.1, 0.15) is 11.9 Å². The third-order valence-electron chi connectivity index (χ3n) is 2.54. The summed E-state index contributed by atoms with van der Waals surface area (Å²) in [5, 5.41) is 10.3. The highest BCUT2D eigenvalue weighted by atomic mass is 127. The number of rotatable bonds is 3. The lowest BCUT2D eigenvalue weighted by Gasteiger charge is -2.10. The van der Waals surface area contributed by atoms with Crippen molar-refractivity contribution in [2.24, 2.45) is 0 Å². The molecule has 1 aromatic carbocycles. The molecule has 0 saturated heterocycles. The quantitative estimate of drug-likeness (QED) is 0.590. The van der Waals surface area contributed by atoms with Gasteiger partial charge in [-0.15, -0.1) is 0 Å². The summed E-state index contributed by atoms with van der Waals surface area (Å²) in [4.78, 5) is 11.3. The van der Waals surface area contributed by atoms with E-state index in [-0.39, 0.29) is 5.76 Å². The van der Waals surface area contributed by atoms with Crippen LogP contribution in [0.5, 0.6) is 0 Å². The summed E-state index contributed by atoms with van der Waals surface area (Å²) in [6.45, 7) is 0. The second kappa shape index (κ2) is 6.06. The molecule has 0 aliphatic rings. The Morgan fingerprint density at radius 2 is 2.16 bits per heavy atom. The van der Waals surface area contributed by atoms with Crippen LogP contribution in [0, 0.1) is 3.57 Å². The van der Waals surface area contributed by atoms with Gasteiger partial charge in [0.25, 0.3) is 0 Å². The van der Waals surface area contributed by atoms with Crippen molar-refractivity contribution in [1.29, 1.82) is 0 Å². The fourth-order valence-corrected chi connectivity index (χ4v) is 2.57. The van der Waals surface area contributed by atoms with Gasteiger partial charge in [0.15, 0.2) is 0 Å². The lowest BCUT2D eigenvalue weighted by Crippen LogP contribution is -2.01. The summed E-state index contributed by atoms with van der Waals surface area (Å²) in [6, 6.07) is 8.65. The molecule has 0 saturated carbocycles. The summed E-state index contributed by atoms with van der Waals surface area (Å²) in [5.41, 5.74) is 0.678. The number of carbonyl (C=O) groups is 1. The third-order valence-corrected chi connectivity index (χ3v) is 3.93. The van der Waals surface area contributed by atoms with E-state index in [1.165, 1.54) is 13.2 Å². The molecule has 1 atom stereocenters. The number of hydrogen-bond donors (Lipinski definition) is 1. The normalized spacial score (nSPS) is 12.2. The SMILES string of the molecule is COC(=O)c1ccc(C(O)c2cc(I)ccc2Br)o1. The molecule has 100 valence electrons. The van der Waals surface area contributed by atoms with Crippen LogP contribution in [0.2, 0.25) is 0 Å². The van der Waals surface area contributed by atoms with Crippen molar-refractivity contribution < 1.29 is 19.1 Å². The van der Waals surface area contributed by atoms with E-state index in [1.807, 2.05) is 18.2 Å². The number of ether oxygens (including phenoxy) is 1. The van der Waals surface area contributed by atoms with Crippen LogP contribution in [-0.4, -0.2) is 18.2 Å². The Balaban J connectivity index is 2.33. The minimum absolute atomic E-state index is 0.0679. The zero-order valence-corrected chi connectivity index (χ0v) is 13.6. The lowest BCUT2D eigenvalue weighted by molar-refractivity contribution is 0.0558. The highest BCUT2D eigenvalue weighted by Crippen LogP contribution is 2.30. The van der Waals surface area contributed by atoms with Crippen molar-refractivity contribution in [3.63, 3.8) is 0 Å². The monoisotopic (exact) mass is 436 g/mol. The van der Waals surface area contributed by atoms with E-state index in [0.29, 0.717) is 11.3 Å². The van der Waals surface area contributed by atoms with Gasteiger partial charge in [-0.2, -0.15) is 0 Å². The maximum atomic E-state index is 11.3. The Morgan fingerprint density at radius 1 is 1.42 bits per heavy atom. The van der Waals surface area contributed by atoms with E-state index in [9.17, 15) is 9.90 Å². The van der Waals surface area contributed by atoms with Crippen LogP contribution in [0.3, 0.4) is 0 Å². The van der Waals surface area contributed by atoms with Gasteiger partial charge < -0.3 is 14.3 Å². The number of aliphatic hydroxyl groups excluding tert-OH is 1. The third kappa shape index (κ3) is 3.18.